The highest BCUT2D eigenvalue weighted by Crippen LogP contribution is 2.41. The number of nitrogens with zero attached hydrogens (tertiary/aromatic N) is 1. The minimum atomic E-state index is -0.535. The molecule has 1 aromatic heterocycles. The van der Waals surface area contributed by atoms with Crippen LogP contribution in [0.1, 0.15) is 149 Å². The van der Waals surface area contributed by atoms with Crippen molar-refractivity contribution in [2.24, 2.45) is 0 Å². The molecule has 0 spiro atoms. The summed E-state index contributed by atoms with van der Waals surface area (Å²) in [6, 6.07) is 5.95. The molecule has 1 heterocycles. The molecule has 0 saturated carbocycles. The van der Waals surface area contributed by atoms with E-state index in [2.05, 4.69) is 18.0 Å². The number of hydrogen-bond acceptors (Lipinski definition) is 6. The first kappa shape index (κ1) is 35.3. The molecule has 0 fully saturated rings. The van der Waals surface area contributed by atoms with Gasteiger partial charge in [0.25, 0.3) is 0 Å². The molecule has 0 saturated heterocycles. The Hall–Kier alpha value is -2.89. The van der Waals surface area contributed by atoms with Crippen LogP contribution in [0.25, 0.3) is 11.1 Å². The van der Waals surface area contributed by atoms with E-state index in [1.165, 1.54) is 77.7 Å². The van der Waals surface area contributed by atoms with E-state index in [0.29, 0.717) is 29.3 Å². The van der Waals surface area contributed by atoms with Gasteiger partial charge >= 0.3 is 11.9 Å². The van der Waals surface area contributed by atoms with E-state index in [0.717, 1.165) is 30.4 Å². The summed E-state index contributed by atoms with van der Waals surface area (Å²) < 4.78 is 16.9. The van der Waals surface area contributed by atoms with Crippen LogP contribution in [0, 0.1) is 13.8 Å². The molecule has 42 heavy (non-hydrogen) atoms. The molecule has 6 heteroatoms. The lowest BCUT2D eigenvalue weighted by Gasteiger charge is -2.22. The highest BCUT2D eigenvalue weighted by atomic mass is 16.5. The number of ether oxygens (including phenoxy) is 3. The lowest BCUT2D eigenvalue weighted by Crippen LogP contribution is -2.19. The van der Waals surface area contributed by atoms with Gasteiger partial charge in [-0.15, -0.1) is 0 Å². The lowest BCUT2D eigenvalue weighted by atomic mass is 9.87. The average molecular weight is 582 g/mol. The van der Waals surface area contributed by atoms with Crippen LogP contribution < -0.4 is 4.74 Å². The van der Waals surface area contributed by atoms with Crippen molar-refractivity contribution < 1.29 is 23.8 Å². The molecule has 6 nitrogen and oxygen atoms in total. The van der Waals surface area contributed by atoms with Gasteiger partial charge in [-0.05, 0) is 59.1 Å². The van der Waals surface area contributed by atoms with Crippen LogP contribution in [0.4, 0.5) is 0 Å². The van der Waals surface area contributed by atoms with Crippen LogP contribution >= 0.6 is 0 Å². The first-order valence-corrected chi connectivity index (χ1v) is 16.3. The van der Waals surface area contributed by atoms with Crippen molar-refractivity contribution in [3.63, 3.8) is 0 Å². The van der Waals surface area contributed by atoms with Crippen LogP contribution in [-0.4, -0.2) is 36.7 Å². The number of esters is 2. The van der Waals surface area contributed by atoms with Gasteiger partial charge in [-0.25, -0.2) is 9.59 Å². The Bertz CT molecular complexity index is 1120. The van der Waals surface area contributed by atoms with E-state index in [-0.39, 0.29) is 17.2 Å². The second-order valence-electron chi connectivity index (χ2n) is 11.6. The number of hydrogen-bond donors (Lipinski definition) is 0. The van der Waals surface area contributed by atoms with Crippen molar-refractivity contribution in [2.75, 3.05) is 13.7 Å². The summed E-state index contributed by atoms with van der Waals surface area (Å²) in [5.41, 5.74) is 3.87. The van der Waals surface area contributed by atoms with Crippen LogP contribution in [-0.2, 0) is 15.9 Å². The number of aromatic nitrogens is 1. The average Bonchev–Trinajstić information content (AvgIpc) is 2.94. The molecule has 0 aliphatic carbocycles. The molecule has 0 bridgehead atoms. The van der Waals surface area contributed by atoms with Crippen LogP contribution in [0.5, 0.6) is 5.75 Å². The number of carbonyl (C=O) groups excluding carboxylic acids is 2. The fraction of sp³-hybridized carbons (Fsp3) is 0.639. The number of carbonyl (C=O) groups is 2. The minimum Gasteiger partial charge on any atom is -0.493 e. The van der Waals surface area contributed by atoms with Gasteiger partial charge in [0, 0.05) is 11.1 Å². The maximum absolute atomic E-state index is 13.5. The smallest absolute Gasteiger partial charge is 0.340 e. The first-order chi connectivity index (χ1) is 20.3. The molecule has 234 valence electrons. The zero-order chi connectivity index (χ0) is 30.9. The van der Waals surface area contributed by atoms with E-state index < -0.39 is 11.9 Å². The number of benzene rings is 1. The third kappa shape index (κ3) is 10.7. The summed E-state index contributed by atoms with van der Waals surface area (Å²) in [5, 5.41) is 0. The molecular formula is C36H55NO5. The van der Waals surface area contributed by atoms with Crippen LogP contribution in [0.3, 0.4) is 0 Å². The SMILES string of the molecule is CCCCCCCCCCCCCCCc1cccc(OCC)c1-c1c(C(=O)OC)c(C)nc(C)c1C(=O)OC(C)C. The molecule has 2 aromatic rings. The van der Waals surface area contributed by atoms with Gasteiger partial charge in [0.2, 0.25) is 0 Å². The van der Waals surface area contributed by atoms with Crippen molar-refractivity contribution >= 4 is 11.9 Å². The van der Waals surface area contributed by atoms with Crippen molar-refractivity contribution in [2.45, 2.75) is 138 Å². The van der Waals surface area contributed by atoms with Gasteiger partial charge < -0.3 is 14.2 Å². The second-order valence-corrected chi connectivity index (χ2v) is 11.6. The Balaban J connectivity index is 2.24. The zero-order valence-electron chi connectivity index (χ0n) is 27.4. The first-order valence-electron chi connectivity index (χ1n) is 16.3. The summed E-state index contributed by atoms with van der Waals surface area (Å²) in [6.07, 6.45) is 17.3. The number of aryl methyl sites for hydroxylation is 3. The molecule has 0 amide bonds. The number of methoxy groups -OCH3 is 1. The fourth-order valence-electron chi connectivity index (χ4n) is 5.65. The van der Waals surface area contributed by atoms with Gasteiger partial charge in [0.1, 0.15) is 5.75 Å². The summed E-state index contributed by atoms with van der Waals surface area (Å²) in [7, 11) is 1.35. The van der Waals surface area contributed by atoms with E-state index in [1.54, 1.807) is 13.8 Å². The number of unbranched alkanes of at least 4 members (excludes halogenated alkanes) is 12. The predicted molar refractivity (Wildman–Crippen MR) is 172 cm³/mol. The summed E-state index contributed by atoms with van der Waals surface area (Å²) >= 11 is 0. The van der Waals surface area contributed by atoms with E-state index in [1.807, 2.05) is 32.9 Å². The molecule has 0 N–H and O–H groups in total. The number of rotatable bonds is 20. The number of pyridine rings is 1. The second kappa shape index (κ2) is 19.3. The quantitative estimate of drug-likeness (QED) is 0.114. The standard InChI is InChI=1S/C36H55NO5/c1-8-10-11-12-13-14-15-16-17-18-19-20-21-23-29-24-22-25-30(41-9-2)33(29)34-31(35(38)40-7)27(5)37-28(6)32(34)36(39)42-26(3)4/h22,24-26H,8-21,23H2,1-7H3. The highest BCUT2D eigenvalue weighted by molar-refractivity contribution is 6.08. The van der Waals surface area contributed by atoms with Gasteiger partial charge in [0.15, 0.2) is 0 Å². The monoisotopic (exact) mass is 581 g/mol. The maximum atomic E-state index is 13.5. The molecule has 0 aliphatic rings. The Morgan fingerprint density at radius 2 is 1.26 bits per heavy atom. The maximum Gasteiger partial charge on any atom is 0.340 e. The van der Waals surface area contributed by atoms with Crippen molar-refractivity contribution in [3.05, 3.63) is 46.3 Å². The van der Waals surface area contributed by atoms with Gasteiger partial charge in [-0.1, -0.05) is 96.1 Å². The Labute approximate surface area is 254 Å². The van der Waals surface area contributed by atoms with Gasteiger partial charge in [-0.3, -0.25) is 4.98 Å². The largest absolute Gasteiger partial charge is 0.493 e. The summed E-state index contributed by atoms with van der Waals surface area (Å²) in [6.45, 7) is 11.8. The molecule has 0 unspecified atom stereocenters. The van der Waals surface area contributed by atoms with Crippen LogP contribution in [0.2, 0.25) is 0 Å². The van der Waals surface area contributed by atoms with Crippen molar-refractivity contribution in [1.29, 1.82) is 0 Å². The van der Waals surface area contributed by atoms with Gasteiger partial charge in [-0.2, -0.15) is 0 Å². The molecular weight excluding hydrogens is 526 g/mol. The van der Waals surface area contributed by atoms with Crippen molar-refractivity contribution in [1.82, 2.24) is 4.98 Å². The third-order valence-corrected chi connectivity index (χ3v) is 7.71. The summed E-state index contributed by atoms with van der Waals surface area (Å²) in [4.78, 5) is 31.2. The Kier molecular flexibility index (Phi) is 16.2. The summed E-state index contributed by atoms with van der Waals surface area (Å²) in [5.74, 6) is -0.404. The highest BCUT2D eigenvalue weighted by Gasteiger charge is 2.31. The zero-order valence-corrected chi connectivity index (χ0v) is 27.4. The molecule has 2 rings (SSSR count). The van der Waals surface area contributed by atoms with Crippen molar-refractivity contribution in [3.8, 4) is 16.9 Å². The molecule has 0 radical (unpaired) electrons. The lowest BCUT2D eigenvalue weighted by molar-refractivity contribution is 0.0377. The van der Waals surface area contributed by atoms with E-state index in [4.69, 9.17) is 14.2 Å². The van der Waals surface area contributed by atoms with E-state index in [9.17, 15) is 9.59 Å². The van der Waals surface area contributed by atoms with Gasteiger partial charge in [0.05, 0.1) is 42.3 Å². The molecule has 0 aliphatic heterocycles. The Morgan fingerprint density at radius 1 is 0.738 bits per heavy atom. The predicted octanol–water partition coefficient (Wildman–Crippen LogP) is 9.75. The third-order valence-electron chi connectivity index (χ3n) is 7.71. The topological polar surface area (TPSA) is 74.7 Å². The Morgan fingerprint density at radius 3 is 1.76 bits per heavy atom. The normalized spacial score (nSPS) is 11.1. The van der Waals surface area contributed by atoms with Crippen LogP contribution in [0.15, 0.2) is 18.2 Å². The minimum absolute atomic E-state index is 0.276. The fourth-order valence-corrected chi connectivity index (χ4v) is 5.65. The molecule has 0 atom stereocenters. The van der Waals surface area contributed by atoms with E-state index >= 15 is 0 Å². The molecule has 1 aromatic carbocycles.